The van der Waals surface area contributed by atoms with E-state index in [1.54, 1.807) is 22.7 Å². The van der Waals surface area contributed by atoms with Crippen LogP contribution < -0.4 is 4.90 Å². The minimum absolute atomic E-state index is 0.193. The van der Waals surface area contributed by atoms with Crippen LogP contribution in [0.2, 0.25) is 0 Å². The number of aromatic nitrogens is 4. The second-order valence-corrected chi connectivity index (χ2v) is 6.83. The van der Waals surface area contributed by atoms with Gasteiger partial charge in [-0.1, -0.05) is 12.1 Å². The second-order valence-electron chi connectivity index (χ2n) is 6.83. The molecule has 2 aromatic heterocycles. The topological polar surface area (TPSA) is 58.8 Å². The summed E-state index contributed by atoms with van der Waals surface area (Å²) in [6.07, 6.45) is 0.193. The molecule has 0 amide bonds. The number of anilines is 1. The molecule has 5 rings (SSSR count). The van der Waals surface area contributed by atoms with Gasteiger partial charge in [0.2, 0.25) is 0 Å². The van der Waals surface area contributed by atoms with E-state index in [4.69, 9.17) is 9.84 Å². The van der Waals surface area contributed by atoms with Gasteiger partial charge in [-0.3, -0.25) is 4.90 Å². The predicted molar refractivity (Wildman–Crippen MR) is 94.5 cm³/mol. The molecule has 0 saturated carbocycles. The zero-order chi connectivity index (χ0) is 17.7. The monoisotopic (exact) mass is 354 g/mol. The average molecular weight is 354 g/mol. The molecule has 0 N–H and O–H groups in total. The molecule has 7 nitrogen and oxygen atoms in total. The zero-order valence-electron chi connectivity index (χ0n) is 14.4. The van der Waals surface area contributed by atoms with Crippen LogP contribution >= 0.6 is 0 Å². The molecule has 26 heavy (non-hydrogen) atoms. The Kier molecular flexibility index (Phi) is 3.61. The minimum atomic E-state index is -0.337. The van der Waals surface area contributed by atoms with Crippen molar-refractivity contribution in [2.75, 3.05) is 38.2 Å². The maximum atomic E-state index is 14.2. The fourth-order valence-electron chi connectivity index (χ4n) is 3.80. The average Bonchev–Trinajstić information content (AvgIpc) is 3.26. The number of nitrogens with zero attached hydrogens (tertiary/aromatic N) is 6. The molecule has 2 unspecified atom stereocenters. The van der Waals surface area contributed by atoms with Gasteiger partial charge >= 0.3 is 0 Å². The smallest absolute Gasteiger partial charge is 0.188 e. The summed E-state index contributed by atoms with van der Waals surface area (Å²) < 4.78 is 21.7. The predicted octanol–water partition coefficient (Wildman–Crippen LogP) is 1.45. The highest BCUT2D eigenvalue weighted by Gasteiger charge is 2.39. The van der Waals surface area contributed by atoms with Crippen molar-refractivity contribution in [3.8, 4) is 11.4 Å². The van der Waals surface area contributed by atoms with Gasteiger partial charge in [-0.25, -0.2) is 4.39 Å². The first-order valence-electron chi connectivity index (χ1n) is 8.75. The number of rotatable bonds is 2. The number of ether oxygens (including phenoxy) is 1. The Hall–Kier alpha value is -2.58. The molecule has 0 radical (unpaired) electrons. The SMILES string of the molecule is CN1CCOC2CN(c3ccc4nnc(-c5ccccc5F)n4n3)CC21. The second kappa shape index (κ2) is 6.00. The molecule has 8 heteroatoms. The highest BCUT2D eigenvalue weighted by molar-refractivity contribution is 5.60. The van der Waals surface area contributed by atoms with Gasteiger partial charge < -0.3 is 9.64 Å². The number of morpholine rings is 1. The van der Waals surface area contributed by atoms with E-state index < -0.39 is 0 Å². The summed E-state index contributed by atoms with van der Waals surface area (Å²) in [4.78, 5) is 4.55. The fraction of sp³-hybridized carbons (Fsp3) is 0.389. The van der Waals surface area contributed by atoms with Crippen molar-refractivity contribution < 1.29 is 9.13 Å². The molecular weight excluding hydrogens is 335 g/mol. The van der Waals surface area contributed by atoms with Gasteiger partial charge in [-0.15, -0.1) is 15.3 Å². The summed E-state index contributed by atoms with van der Waals surface area (Å²) in [7, 11) is 2.14. The van der Waals surface area contributed by atoms with Crippen LogP contribution in [0.25, 0.3) is 17.0 Å². The zero-order valence-corrected chi connectivity index (χ0v) is 14.4. The normalized spacial score (nSPS) is 23.5. The van der Waals surface area contributed by atoms with Crippen LogP contribution in [0, 0.1) is 5.82 Å². The molecule has 3 aromatic rings. The van der Waals surface area contributed by atoms with Crippen LogP contribution in [0.3, 0.4) is 0 Å². The van der Waals surface area contributed by atoms with Crippen molar-refractivity contribution in [3.63, 3.8) is 0 Å². The highest BCUT2D eigenvalue weighted by Crippen LogP contribution is 2.27. The number of hydrogen-bond acceptors (Lipinski definition) is 6. The first-order chi connectivity index (χ1) is 12.7. The first-order valence-corrected chi connectivity index (χ1v) is 8.75. The quantitative estimate of drug-likeness (QED) is 0.694. The van der Waals surface area contributed by atoms with Gasteiger partial charge in [-0.2, -0.15) is 4.52 Å². The number of fused-ring (bicyclic) bond motifs is 2. The van der Waals surface area contributed by atoms with Crippen molar-refractivity contribution in [2.24, 2.45) is 0 Å². The van der Waals surface area contributed by atoms with Crippen molar-refractivity contribution in [1.82, 2.24) is 24.7 Å². The lowest BCUT2D eigenvalue weighted by molar-refractivity contribution is -0.0362. The number of hydrogen-bond donors (Lipinski definition) is 0. The van der Waals surface area contributed by atoms with Gasteiger partial charge in [0.25, 0.3) is 0 Å². The summed E-state index contributed by atoms with van der Waals surface area (Å²) in [6.45, 7) is 3.37. The molecule has 2 atom stereocenters. The molecule has 2 fully saturated rings. The largest absolute Gasteiger partial charge is 0.373 e. The van der Waals surface area contributed by atoms with Crippen molar-refractivity contribution in [3.05, 3.63) is 42.2 Å². The maximum absolute atomic E-state index is 14.2. The van der Waals surface area contributed by atoms with Crippen LogP contribution in [0.4, 0.5) is 10.2 Å². The summed E-state index contributed by atoms with van der Waals surface area (Å²) in [5.74, 6) is 0.891. The Morgan fingerprint density at radius 1 is 1.12 bits per heavy atom. The van der Waals surface area contributed by atoms with Gasteiger partial charge in [0.15, 0.2) is 11.5 Å². The highest BCUT2D eigenvalue weighted by atomic mass is 19.1. The summed E-state index contributed by atoms with van der Waals surface area (Å²) in [5.41, 5.74) is 0.986. The Labute approximate surface area is 150 Å². The van der Waals surface area contributed by atoms with E-state index in [2.05, 4.69) is 27.0 Å². The standard InChI is InChI=1S/C18H19FN6O/c1-23-8-9-26-15-11-24(10-14(15)23)17-7-6-16-20-21-18(25(16)22-17)12-4-2-3-5-13(12)19/h2-7,14-15H,8-11H2,1H3. The number of likely N-dealkylation sites (N-methyl/N-ethyl adjacent to an activating group) is 1. The van der Waals surface area contributed by atoms with Crippen molar-refractivity contribution >= 4 is 11.5 Å². The minimum Gasteiger partial charge on any atom is -0.373 e. The lowest BCUT2D eigenvalue weighted by atomic mass is 10.1. The molecule has 4 heterocycles. The van der Waals surface area contributed by atoms with Crippen LogP contribution in [-0.2, 0) is 4.74 Å². The number of benzene rings is 1. The molecule has 0 bridgehead atoms. The maximum Gasteiger partial charge on any atom is 0.188 e. The van der Waals surface area contributed by atoms with Gasteiger partial charge in [0, 0.05) is 19.6 Å². The van der Waals surface area contributed by atoms with E-state index in [1.807, 2.05) is 12.1 Å². The van der Waals surface area contributed by atoms with Crippen LogP contribution in [-0.4, -0.2) is 70.1 Å². The van der Waals surface area contributed by atoms with Gasteiger partial charge in [-0.05, 0) is 31.3 Å². The summed E-state index contributed by atoms with van der Waals surface area (Å²) in [5, 5.41) is 13.0. The third-order valence-electron chi connectivity index (χ3n) is 5.27. The third kappa shape index (κ3) is 2.45. The first kappa shape index (κ1) is 15.7. The third-order valence-corrected chi connectivity index (χ3v) is 5.27. The summed E-state index contributed by atoms with van der Waals surface area (Å²) >= 11 is 0. The molecule has 0 aliphatic carbocycles. The Balaban J connectivity index is 1.52. The lowest BCUT2D eigenvalue weighted by Crippen LogP contribution is -2.48. The van der Waals surface area contributed by atoms with Gasteiger partial charge in [0.1, 0.15) is 11.6 Å². The number of halogens is 1. The van der Waals surface area contributed by atoms with E-state index in [9.17, 15) is 4.39 Å². The lowest BCUT2D eigenvalue weighted by Gasteiger charge is -2.33. The Bertz CT molecular complexity index is 960. The Morgan fingerprint density at radius 3 is 2.85 bits per heavy atom. The Morgan fingerprint density at radius 2 is 2.00 bits per heavy atom. The van der Waals surface area contributed by atoms with E-state index in [-0.39, 0.29) is 11.9 Å². The molecule has 2 aliphatic rings. The molecule has 1 aromatic carbocycles. The molecule has 134 valence electrons. The van der Waals surface area contributed by atoms with Gasteiger partial charge in [0.05, 0.1) is 24.3 Å². The fourth-order valence-corrected chi connectivity index (χ4v) is 3.80. The van der Waals surface area contributed by atoms with E-state index in [0.717, 1.165) is 32.1 Å². The molecular formula is C18H19FN6O. The van der Waals surface area contributed by atoms with E-state index >= 15 is 0 Å². The summed E-state index contributed by atoms with van der Waals surface area (Å²) in [6, 6.07) is 10.7. The molecule has 0 spiro atoms. The van der Waals surface area contributed by atoms with E-state index in [0.29, 0.717) is 23.1 Å². The van der Waals surface area contributed by atoms with Crippen LogP contribution in [0.5, 0.6) is 0 Å². The molecule has 2 aliphatic heterocycles. The van der Waals surface area contributed by atoms with E-state index in [1.165, 1.54) is 6.07 Å². The van der Waals surface area contributed by atoms with Crippen LogP contribution in [0.1, 0.15) is 0 Å². The van der Waals surface area contributed by atoms with Crippen LogP contribution in [0.15, 0.2) is 36.4 Å². The van der Waals surface area contributed by atoms with Crippen molar-refractivity contribution in [2.45, 2.75) is 12.1 Å². The van der Waals surface area contributed by atoms with Crippen molar-refractivity contribution in [1.29, 1.82) is 0 Å². The molecule has 2 saturated heterocycles.